The summed E-state index contributed by atoms with van der Waals surface area (Å²) in [7, 11) is 0. The number of fused-ring (bicyclic) bond motifs is 1. The summed E-state index contributed by atoms with van der Waals surface area (Å²) in [6.07, 6.45) is 0. The minimum absolute atomic E-state index is 0.00480. The largest absolute Gasteiger partial charge is 0.424 e. The Balaban J connectivity index is 1.83. The molecule has 1 N–H and O–H groups in total. The Bertz CT molecular complexity index is 721. The Morgan fingerprint density at radius 3 is 3.05 bits per heavy atom. The van der Waals surface area contributed by atoms with E-state index in [0.29, 0.717) is 23.7 Å². The van der Waals surface area contributed by atoms with E-state index in [0.717, 1.165) is 5.56 Å². The SMILES string of the molecule is O=[N+]([O-])c1ccc2oc(NCc3ccsc3)nc2c1. The first-order chi connectivity index (χ1) is 9.22. The quantitative estimate of drug-likeness (QED) is 0.583. The molecule has 0 saturated heterocycles. The Kier molecular flexibility index (Phi) is 2.88. The van der Waals surface area contributed by atoms with Crippen molar-refractivity contribution in [3.05, 3.63) is 50.7 Å². The number of anilines is 1. The van der Waals surface area contributed by atoms with Crippen LogP contribution in [-0.2, 0) is 6.54 Å². The molecule has 96 valence electrons. The van der Waals surface area contributed by atoms with Crippen LogP contribution in [0.25, 0.3) is 11.1 Å². The molecule has 0 unspecified atom stereocenters. The van der Waals surface area contributed by atoms with E-state index in [1.807, 2.05) is 16.8 Å². The molecule has 0 atom stereocenters. The zero-order valence-electron chi connectivity index (χ0n) is 9.70. The van der Waals surface area contributed by atoms with Gasteiger partial charge in [0.15, 0.2) is 5.58 Å². The van der Waals surface area contributed by atoms with Crippen LogP contribution in [0.3, 0.4) is 0 Å². The van der Waals surface area contributed by atoms with Crippen molar-refractivity contribution >= 4 is 34.1 Å². The number of non-ortho nitro benzene ring substituents is 1. The summed E-state index contributed by atoms with van der Waals surface area (Å²) in [6.45, 7) is 0.610. The van der Waals surface area contributed by atoms with Crippen molar-refractivity contribution in [1.82, 2.24) is 4.98 Å². The smallest absolute Gasteiger partial charge is 0.295 e. The Labute approximate surface area is 111 Å². The number of rotatable bonds is 4. The van der Waals surface area contributed by atoms with Gasteiger partial charge in [0.2, 0.25) is 0 Å². The summed E-state index contributed by atoms with van der Waals surface area (Å²) in [5, 5.41) is 17.7. The fraction of sp³-hybridized carbons (Fsp3) is 0.0833. The lowest BCUT2D eigenvalue weighted by Gasteiger charge is -1.97. The van der Waals surface area contributed by atoms with Gasteiger partial charge in [-0.05, 0) is 28.5 Å². The van der Waals surface area contributed by atoms with Gasteiger partial charge >= 0.3 is 0 Å². The van der Waals surface area contributed by atoms with Crippen LogP contribution in [0, 0.1) is 10.1 Å². The minimum atomic E-state index is -0.452. The summed E-state index contributed by atoms with van der Waals surface area (Å²) in [5.41, 5.74) is 2.14. The van der Waals surface area contributed by atoms with E-state index in [1.54, 1.807) is 17.4 Å². The lowest BCUT2D eigenvalue weighted by atomic mass is 10.3. The number of hydrogen-bond donors (Lipinski definition) is 1. The molecule has 0 fully saturated rings. The standard InChI is InChI=1S/C12H9N3O3S/c16-15(17)9-1-2-11-10(5-9)14-12(18-11)13-6-8-3-4-19-7-8/h1-5,7H,6H2,(H,13,14). The first-order valence-electron chi connectivity index (χ1n) is 5.52. The molecule has 6 nitrogen and oxygen atoms in total. The molecule has 0 aliphatic rings. The van der Waals surface area contributed by atoms with Crippen LogP contribution in [0.4, 0.5) is 11.7 Å². The summed E-state index contributed by atoms with van der Waals surface area (Å²) >= 11 is 1.62. The molecule has 19 heavy (non-hydrogen) atoms. The number of nitrogens with one attached hydrogen (secondary N) is 1. The van der Waals surface area contributed by atoms with Crippen LogP contribution in [0.15, 0.2) is 39.4 Å². The molecule has 0 radical (unpaired) electrons. The first-order valence-corrected chi connectivity index (χ1v) is 6.46. The molecule has 2 aromatic heterocycles. The molecule has 0 aliphatic carbocycles. The highest BCUT2D eigenvalue weighted by Gasteiger charge is 2.11. The maximum atomic E-state index is 10.7. The van der Waals surface area contributed by atoms with Gasteiger partial charge in [0.25, 0.3) is 11.7 Å². The van der Waals surface area contributed by atoms with Crippen LogP contribution in [0.5, 0.6) is 0 Å². The van der Waals surface area contributed by atoms with E-state index in [1.165, 1.54) is 12.1 Å². The highest BCUT2D eigenvalue weighted by Crippen LogP contribution is 2.23. The summed E-state index contributed by atoms with van der Waals surface area (Å²) in [5.74, 6) is 0. The molecule has 7 heteroatoms. The average molecular weight is 275 g/mol. The second-order valence-electron chi connectivity index (χ2n) is 3.91. The predicted octanol–water partition coefficient (Wildman–Crippen LogP) is 3.41. The van der Waals surface area contributed by atoms with E-state index in [4.69, 9.17) is 4.42 Å². The monoisotopic (exact) mass is 275 g/mol. The normalized spacial score (nSPS) is 10.7. The van der Waals surface area contributed by atoms with Gasteiger partial charge in [0.1, 0.15) is 5.52 Å². The minimum Gasteiger partial charge on any atom is -0.424 e. The highest BCUT2D eigenvalue weighted by atomic mass is 32.1. The van der Waals surface area contributed by atoms with Gasteiger partial charge in [-0.15, -0.1) is 0 Å². The molecule has 0 bridgehead atoms. The van der Waals surface area contributed by atoms with Gasteiger partial charge in [-0.25, -0.2) is 0 Å². The molecule has 0 aliphatic heterocycles. The van der Waals surface area contributed by atoms with Gasteiger partial charge < -0.3 is 9.73 Å². The number of nitro groups is 1. The van der Waals surface area contributed by atoms with Crippen molar-refractivity contribution in [2.24, 2.45) is 0 Å². The van der Waals surface area contributed by atoms with Crippen LogP contribution < -0.4 is 5.32 Å². The van der Waals surface area contributed by atoms with Gasteiger partial charge in [-0.1, -0.05) is 0 Å². The Morgan fingerprint density at radius 1 is 1.42 bits per heavy atom. The van der Waals surface area contributed by atoms with Crippen LogP contribution in [0.2, 0.25) is 0 Å². The fourth-order valence-corrected chi connectivity index (χ4v) is 2.34. The van der Waals surface area contributed by atoms with Gasteiger partial charge in [-0.3, -0.25) is 10.1 Å². The molecule has 2 heterocycles. The Morgan fingerprint density at radius 2 is 2.32 bits per heavy atom. The molecule has 3 rings (SSSR count). The third kappa shape index (κ3) is 2.41. The first kappa shape index (κ1) is 11.7. The topological polar surface area (TPSA) is 81.2 Å². The zero-order valence-corrected chi connectivity index (χ0v) is 10.5. The lowest BCUT2D eigenvalue weighted by Crippen LogP contribution is -1.97. The summed E-state index contributed by atoms with van der Waals surface area (Å²) in [4.78, 5) is 14.4. The summed E-state index contributed by atoms with van der Waals surface area (Å²) < 4.78 is 5.46. The third-order valence-corrected chi connectivity index (χ3v) is 3.34. The predicted molar refractivity (Wildman–Crippen MR) is 72.3 cm³/mol. The van der Waals surface area contributed by atoms with Crippen molar-refractivity contribution in [2.75, 3.05) is 5.32 Å². The summed E-state index contributed by atoms with van der Waals surface area (Å²) in [6, 6.07) is 6.72. The van der Waals surface area contributed by atoms with Crippen molar-refractivity contribution in [1.29, 1.82) is 0 Å². The van der Waals surface area contributed by atoms with E-state index in [-0.39, 0.29) is 5.69 Å². The van der Waals surface area contributed by atoms with Crippen molar-refractivity contribution < 1.29 is 9.34 Å². The van der Waals surface area contributed by atoms with E-state index >= 15 is 0 Å². The van der Waals surface area contributed by atoms with Crippen LogP contribution >= 0.6 is 11.3 Å². The molecule has 0 spiro atoms. The van der Waals surface area contributed by atoms with E-state index in [2.05, 4.69) is 10.3 Å². The van der Waals surface area contributed by atoms with Crippen molar-refractivity contribution in [3.8, 4) is 0 Å². The second-order valence-corrected chi connectivity index (χ2v) is 4.69. The lowest BCUT2D eigenvalue weighted by molar-refractivity contribution is -0.384. The maximum absolute atomic E-state index is 10.7. The number of nitro benzene ring substituents is 1. The zero-order chi connectivity index (χ0) is 13.2. The van der Waals surface area contributed by atoms with E-state index < -0.39 is 4.92 Å². The number of oxazole rings is 1. The van der Waals surface area contributed by atoms with Gasteiger partial charge in [0.05, 0.1) is 4.92 Å². The second kappa shape index (κ2) is 4.69. The number of hydrogen-bond acceptors (Lipinski definition) is 6. The number of aromatic nitrogens is 1. The highest BCUT2D eigenvalue weighted by molar-refractivity contribution is 7.07. The van der Waals surface area contributed by atoms with Crippen molar-refractivity contribution in [3.63, 3.8) is 0 Å². The number of benzene rings is 1. The molecule has 0 saturated carbocycles. The van der Waals surface area contributed by atoms with Crippen molar-refractivity contribution in [2.45, 2.75) is 6.54 Å². The average Bonchev–Trinajstić information content (AvgIpc) is 3.04. The number of thiophene rings is 1. The molecule has 1 aromatic carbocycles. The van der Waals surface area contributed by atoms with Gasteiger partial charge in [0, 0.05) is 18.7 Å². The molecular formula is C12H9N3O3S. The van der Waals surface area contributed by atoms with E-state index in [9.17, 15) is 10.1 Å². The Hall–Kier alpha value is -2.41. The third-order valence-electron chi connectivity index (χ3n) is 2.61. The maximum Gasteiger partial charge on any atom is 0.295 e. The molecular weight excluding hydrogens is 266 g/mol. The van der Waals surface area contributed by atoms with Gasteiger partial charge in [-0.2, -0.15) is 16.3 Å². The van der Waals surface area contributed by atoms with Crippen LogP contribution in [0.1, 0.15) is 5.56 Å². The number of nitrogens with zero attached hydrogens (tertiary/aromatic N) is 2. The molecule has 0 amide bonds. The van der Waals surface area contributed by atoms with Crippen LogP contribution in [-0.4, -0.2) is 9.91 Å². The fourth-order valence-electron chi connectivity index (χ4n) is 1.68. The molecule has 3 aromatic rings.